The minimum Gasteiger partial charge on any atom is -0.392 e. The first-order valence-electron chi connectivity index (χ1n) is 18.2. The van der Waals surface area contributed by atoms with Gasteiger partial charge in [-0.05, 0) is 81.2 Å². The molecule has 4 aliphatic rings. The van der Waals surface area contributed by atoms with Crippen LogP contribution < -0.4 is 5.32 Å². The molecule has 6 atom stereocenters. The number of piperidine rings is 1. The molecule has 264 valence electrons. The average Bonchev–Trinajstić information content (AvgIpc) is 3.36. The normalized spacial score (nSPS) is 27.2. The summed E-state index contributed by atoms with van der Waals surface area (Å²) in [5, 5.41) is 12.9. The Kier molecular flexibility index (Phi) is 9.94. The van der Waals surface area contributed by atoms with E-state index in [0.29, 0.717) is 36.1 Å². The Bertz CT molecular complexity index is 1670. The third-order valence-corrected chi connectivity index (χ3v) is 10.8. The highest BCUT2D eigenvalue weighted by Crippen LogP contribution is 2.42. The largest absolute Gasteiger partial charge is 0.392 e. The van der Waals surface area contributed by atoms with E-state index < -0.39 is 6.29 Å². The van der Waals surface area contributed by atoms with Crippen LogP contribution in [0.25, 0.3) is 0 Å². The second-order valence-electron chi connectivity index (χ2n) is 15.5. The number of rotatable bonds is 8. The molecule has 0 bridgehead atoms. The van der Waals surface area contributed by atoms with Crippen molar-refractivity contribution in [2.75, 3.05) is 6.54 Å². The molecule has 3 aliphatic heterocycles. The van der Waals surface area contributed by atoms with E-state index >= 15 is 0 Å². The van der Waals surface area contributed by atoms with E-state index in [4.69, 9.17) is 9.47 Å². The summed E-state index contributed by atoms with van der Waals surface area (Å²) >= 11 is 0. The van der Waals surface area contributed by atoms with E-state index in [1.807, 2.05) is 69.3 Å². The van der Waals surface area contributed by atoms with E-state index in [-0.39, 0.29) is 54.7 Å². The van der Waals surface area contributed by atoms with Gasteiger partial charge in [0.05, 0.1) is 42.5 Å². The molecule has 3 aromatic rings. The molecule has 9 heteroatoms. The molecular weight excluding hydrogens is 630 g/mol. The van der Waals surface area contributed by atoms with Crippen molar-refractivity contribution in [1.82, 2.24) is 15.1 Å². The summed E-state index contributed by atoms with van der Waals surface area (Å²) in [4.78, 5) is 43.5. The lowest BCUT2D eigenvalue weighted by molar-refractivity contribution is -0.255. The molecule has 3 amide bonds. The summed E-state index contributed by atoms with van der Waals surface area (Å²) in [5.74, 6) is 0.127. The lowest BCUT2D eigenvalue weighted by Crippen LogP contribution is -2.61. The summed E-state index contributed by atoms with van der Waals surface area (Å²) in [5.41, 5.74) is 4.09. The molecule has 9 nitrogen and oxygen atoms in total. The number of carbonyl (C=O) groups is 3. The molecule has 0 unspecified atom stereocenters. The van der Waals surface area contributed by atoms with E-state index in [2.05, 4.69) is 10.2 Å². The number of imide groups is 1. The Balaban J connectivity index is 1.13. The first kappa shape index (κ1) is 34.6. The summed E-state index contributed by atoms with van der Waals surface area (Å²) < 4.78 is 13.4. The van der Waals surface area contributed by atoms with Crippen LogP contribution in [0.3, 0.4) is 0 Å². The highest BCUT2D eigenvalue weighted by atomic mass is 16.7. The third-order valence-electron chi connectivity index (χ3n) is 10.8. The zero-order chi connectivity index (χ0) is 35.0. The van der Waals surface area contributed by atoms with Crippen LogP contribution in [-0.2, 0) is 27.4 Å². The Hall–Kier alpha value is -3.89. The van der Waals surface area contributed by atoms with Crippen molar-refractivity contribution >= 4 is 17.7 Å². The topological polar surface area (TPSA) is 108 Å². The maximum absolute atomic E-state index is 13.7. The molecule has 3 fully saturated rings. The molecule has 0 aromatic heterocycles. The number of hydrogen-bond donors (Lipinski definition) is 2. The van der Waals surface area contributed by atoms with Crippen molar-refractivity contribution < 1.29 is 29.0 Å². The van der Waals surface area contributed by atoms with Crippen LogP contribution >= 0.6 is 0 Å². The number of likely N-dealkylation sites (tertiary alicyclic amines) is 1. The van der Waals surface area contributed by atoms with Crippen molar-refractivity contribution in [3.05, 3.63) is 106 Å². The van der Waals surface area contributed by atoms with Gasteiger partial charge in [-0.3, -0.25) is 24.2 Å². The van der Waals surface area contributed by atoms with Gasteiger partial charge in [0.25, 0.3) is 11.8 Å². The molecule has 1 saturated carbocycles. The van der Waals surface area contributed by atoms with Crippen molar-refractivity contribution in [2.24, 2.45) is 5.92 Å². The van der Waals surface area contributed by atoms with E-state index in [1.165, 1.54) is 24.2 Å². The van der Waals surface area contributed by atoms with E-state index in [0.717, 1.165) is 41.5 Å². The third kappa shape index (κ3) is 7.28. The fourth-order valence-corrected chi connectivity index (χ4v) is 8.34. The number of nitrogens with one attached hydrogen (secondary N) is 1. The van der Waals surface area contributed by atoms with Gasteiger partial charge in [0.15, 0.2) is 6.29 Å². The van der Waals surface area contributed by atoms with Gasteiger partial charge in [-0.25, -0.2) is 0 Å². The van der Waals surface area contributed by atoms with Crippen LogP contribution in [0.15, 0.2) is 72.8 Å². The summed E-state index contributed by atoms with van der Waals surface area (Å²) in [6.07, 6.45) is 6.18. The molecule has 2 N–H and O–H groups in total. The first-order valence-corrected chi connectivity index (χ1v) is 18.2. The number of aliphatic hydroxyl groups excluding tert-OH is 1. The summed E-state index contributed by atoms with van der Waals surface area (Å²) in [6, 6.07) is 22.7. The number of benzene rings is 3. The minimum atomic E-state index is -0.654. The maximum Gasteiger partial charge on any atom is 0.261 e. The molecule has 1 aliphatic carbocycles. The van der Waals surface area contributed by atoms with Gasteiger partial charge < -0.3 is 19.9 Å². The highest BCUT2D eigenvalue weighted by Gasteiger charge is 2.44. The minimum absolute atomic E-state index is 0.0250. The molecule has 2 saturated heterocycles. The van der Waals surface area contributed by atoms with Crippen LogP contribution in [-0.4, -0.2) is 62.9 Å². The van der Waals surface area contributed by atoms with Gasteiger partial charge in [-0.15, -0.1) is 0 Å². The summed E-state index contributed by atoms with van der Waals surface area (Å²) in [6.45, 7) is 6.88. The van der Waals surface area contributed by atoms with Gasteiger partial charge in [-0.1, -0.05) is 73.5 Å². The molecular formula is C41H49N3O6. The van der Waals surface area contributed by atoms with Crippen molar-refractivity contribution in [1.29, 1.82) is 0 Å². The molecule has 0 radical (unpaired) electrons. The molecule has 7 rings (SSSR count). The SMILES string of the molecule is CC(C)(C)NC(=O)[C@H]1CC[C@H]2CCCC[C@H]2N1C[C@@H]1C[C@H](c2ccc(CO)cc2)O[C@H](c2ccc(CN3C(=O)c4ccccc4C3=O)cc2)O1. The van der Waals surface area contributed by atoms with Crippen molar-refractivity contribution in [3.8, 4) is 0 Å². The molecule has 3 heterocycles. The Morgan fingerprint density at radius 3 is 2.12 bits per heavy atom. The van der Waals surface area contributed by atoms with Gasteiger partial charge >= 0.3 is 0 Å². The maximum atomic E-state index is 13.7. The van der Waals surface area contributed by atoms with Gasteiger partial charge in [0.2, 0.25) is 5.91 Å². The van der Waals surface area contributed by atoms with Crippen molar-refractivity contribution in [3.63, 3.8) is 0 Å². The molecule has 50 heavy (non-hydrogen) atoms. The standard InChI is InChI=1S/C41H49N3O6/c1-41(2,3)42-37(46)35-21-20-28-8-4-7-11-34(28)43(35)24-31-22-36(29-16-14-27(25-45)15-17-29)50-40(49-31)30-18-12-26(13-19-30)23-44-38(47)32-9-5-6-10-33(32)39(44)48/h5-6,9-10,12-19,28,31,34-36,40,45H,4,7-8,11,20-25H2,1-3H3,(H,42,46)/t28-,31+,34-,35-,36-,40-/m1/s1. The van der Waals surface area contributed by atoms with Crippen LogP contribution in [0.1, 0.15) is 121 Å². The van der Waals surface area contributed by atoms with Crippen LogP contribution in [0.5, 0.6) is 0 Å². The van der Waals surface area contributed by atoms with Crippen LogP contribution in [0, 0.1) is 5.92 Å². The Morgan fingerprint density at radius 1 is 0.820 bits per heavy atom. The van der Waals surface area contributed by atoms with E-state index in [1.54, 1.807) is 24.3 Å². The Morgan fingerprint density at radius 2 is 1.46 bits per heavy atom. The number of hydrogen-bond acceptors (Lipinski definition) is 7. The number of amides is 3. The smallest absolute Gasteiger partial charge is 0.261 e. The lowest BCUT2D eigenvalue weighted by atomic mass is 9.75. The van der Waals surface area contributed by atoms with Crippen LogP contribution in [0.4, 0.5) is 0 Å². The van der Waals surface area contributed by atoms with Crippen LogP contribution in [0.2, 0.25) is 0 Å². The number of ether oxygens (including phenoxy) is 2. The van der Waals surface area contributed by atoms with Crippen molar-refractivity contribution in [2.45, 2.75) is 115 Å². The Labute approximate surface area is 294 Å². The van der Waals surface area contributed by atoms with Gasteiger partial charge in [-0.2, -0.15) is 0 Å². The monoisotopic (exact) mass is 679 g/mol. The number of carbonyl (C=O) groups excluding carboxylic acids is 3. The van der Waals surface area contributed by atoms with Gasteiger partial charge in [0.1, 0.15) is 0 Å². The second kappa shape index (κ2) is 14.4. The zero-order valence-electron chi connectivity index (χ0n) is 29.3. The fraction of sp³-hybridized carbons (Fsp3) is 0.488. The molecule has 3 aromatic carbocycles. The fourth-order valence-electron chi connectivity index (χ4n) is 8.34. The number of aliphatic hydroxyl groups is 1. The second-order valence-corrected chi connectivity index (χ2v) is 15.5. The highest BCUT2D eigenvalue weighted by molar-refractivity contribution is 6.21. The van der Waals surface area contributed by atoms with E-state index in [9.17, 15) is 19.5 Å². The first-order chi connectivity index (χ1) is 24.1. The molecule has 0 spiro atoms. The predicted octanol–water partition coefficient (Wildman–Crippen LogP) is 6.46. The predicted molar refractivity (Wildman–Crippen MR) is 189 cm³/mol. The quantitative estimate of drug-likeness (QED) is 0.263. The van der Waals surface area contributed by atoms with Gasteiger partial charge in [0, 0.05) is 30.1 Å². The lowest BCUT2D eigenvalue weighted by Gasteiger charge is -2.50. The average molecular weight is 680 g/mol. The number of fused-ring (bicyclic) bond motifs is 2. The number of nitrogens with zero attached hydrogens (tertiary/aromatic N) is 2. The zero-order valence-corrected chi connectivity index (χ0v) is 29.3. The summed E-state index contributed by atoms with van der Waals surface area (Å²) in [7, 11) is 0.